The predicted octanol–water partition coefficient (Wildman–Crippen LogP) is 5.07. The van der Waals surface area contributed by atoms with Crippen molar-refractivity contribution in [2.24, 2.45) is 11.8 Å². The van der Waals surface area contributed by atoms with Crippen molar-refractivity contribution in [2.45, 2.75) is 74.6 Å². The highest BCUT2D eigenvalue weighted by Crippen LogP contribution is 2.61. The van der Waals surface area contributed by atoms with Crippen molar-refractivity contribution in [1.82, 2.24) is 4.90 Å². The number of hydrogen-bond acceptors (Lipinski definition) is 6. The smallest absolute Gasteiger partial charge is 0.312 e. The molecule has 3 heterocycles. The number of amides is 2. The molecule has 2 bridgehead atoms. The van der Waals surface area contributed by atoms with Gasteiger partial charge in [0.2, 0.25) is 5.91 Å². The zero-order valence-electron chi connectivity index (χ0n) is 26.1. The number of carbonyl (C=O) groups excluding carboxylic acids is 3. The number of aryl methyl sites for hydroxylation is 2. The van der Waals surface area contributed by atoms with E-state index >= 15 is 4.79 Å². The number of esters is 1. The largest absolute Gasteiger partial charge is 0.465 e. The third-order valence-electron chi connectivity index (χ3n) is 9.49. The lowest BCUT2D eigenvalue weighted by molar-refractivity contribution is -0.155. The van der Waals surface area contributed by atoms with Crippen molar-refractivity contribution >= 4 is 39.4 Å². The Morgan fingerprint density at radius 2 is 1.84 bits per heavy atom. The minimum Gasteiger partial charge on any atom is -0.465 e. The maximum Gasteiger partial charge on any atom is 0.312 e. The number of fused-ring (bicyclic) bond motifs is 1. The molecule has 9 heteroatoms. The van der Waals surface area contributed by atoms with Crippen LogP contribution in [0, 0.1) is 25.7 Å². The molecule has 3 saturated heterocycles. The average Bonchev–Trinajstić information content (AvgIpc) is 3.62. The number of unbranched alkanes of at least 4 members (excludes halogenated alkanes) is 2. The third-order valence-corrected chi connectivity index (χ3v) is 10.3. The highest BCUT2D eigenvalue weighted by molar-refractivity contribution is 9.09. The van der Waals surface area contributed by atoms with Crippen LogP contribution in [0.4, 0.5) is 5.69 Å². The lowest BCUT2D eigenvalue weighted by Crippen LogP contribution is -2.59. The first-order valence-corrected chi connectivity index (χ1v) is 16.7. The van der Waals surface area contributed by atoms with Crippen LogP contribution in [0.5, 0.6) is 0 Å². The molecule has 8 nitrogen and oxygen atoms in total. The Labute approximate surface area is 274 Å². The van der Waals surface area contributed by atoms with Gasteiger partial charge in [0.15, 0.2) is 0 Å². The minimum atomic E-state index is -1.28. The first kappa shape index (κ1) is 33.1. The molecule has 0 aromatic heterocycles. The van der Waals surface area contributed by atoms with E-state index in [2.05, 4.69) is 29.1 Å². The van der Waals surface area contributed by atoms with E-state index in [1.165, 1.54) is 4.90 Å². The molecule has 2 aromatic rings. The first-order chi connectivity index (χ1) is 21.7. The Morgan fingerprint density at radius 1 is 1.13 bits per heavy atom. The second kappa shape index (κ2) is 14.0. The van der Waals surface area contributed by atoms with E-state index in [9.17, 15) is 14.7 Å². The molecule has 3 unspecified atom stereocenters. The number of para-hydroxylation sites is 1. The minimum absolute atomic E-state index is 0.212. The van der Waals surface area contributed by atoms with Gasteiger partial charge in [0, 0.05) is 17.1 Å². The van der Waals surface area contributed by atoms with E-state index in [0.29, 0.717) is 19.3 Å². The standard InChI is InChI=1S/C36H43BrN2O6/c1-5-7-8-12-19-44-35(43)28-29-33(41)39(26(22-40)20-25-16-10-9-11-17-25)32(36(29)21-27(37)31(28)45-36)34(42)38(18-6-2)30-23(3)14-13-15-24(30)4/h5-6,9-11,13-17,26-29,31-32,40H,1-2,7-8,12,18-22H2,3-4H3/t26-,27?,28+,29+,31+,32?,36?/m1/s1. The number of ether oxygens (including phenoxy) is 2. The van der Waals surface area contributed by atoms with E-state index < -0.39 is 41.6 Å². The van der Waals surface area contributed by atoms with Crippen LogP contribution in [0.2, 0.25) is 0 Å². The maximum absolute atomic E-state index is 15.0. The van der Waals surface area contributed by atoms with Gasteiger partial charge in [0.1, 0.15) is 11.6 Å². The SMILES string of the molecule is C=CCCCCOC(=O)[C@H]1[C@H]2C(=O)N([C@@H](CO)Cc3ccccc3)C(C(=O)N(CC=C)c3c(C)cccc3C)C23CC(Br)[C@@H]1O3. The van der Waals surface area contributed by atoms with Gasteiger partial charge in [-0.15, -0.1) is 13.2 Å². The van der Waals surface area contributed by atoms with E-state index in [1.54, 1.807) is 11.0 Å². The molecule has 1 spiro atoms. The van der Waals surface area contributed by atoms with Crippen molar-refractivity contribution in [3.8, 4) is 0 Å². The quantitative estimate of drug-likeness (QED) is 0.130. The molecule has 45 heavy (non-hydrogen) atoms. The number of anilines is 1. The second-order valence-electron chi connectivity index (χ2n) is 12.4. The van der Waals surface area contributed by atoms with E-state index in [0.717, 1.165) is 35.2 Å². The molecule has 240 valence electrons. The fourth-order valence-corrected chi connectivity index (χ4v) is 8.55. The normalized spacial score (nSPS) is 27.2. The van der Waals surface area contributed by atoms with Crippen LogP contribution in [0.25, 0.3) is 0 Å². The van der Waals surface area contributed by atoms with Crippen LogP contribution in [-0.4, -0.2) is 76.2 Å². The van der Waals surface area contributed by atoms with E-state index in [4.69, 9.17) is 9.47 Å². The lowest BCUT2D eigenvalue weighted by atomic mass is 9.70. The zero-order chi connectivity index (χ0) is 32.3. The number of rotatable bonds is 14. The van der Waals surface area contributed by atoms with Gasteiger partial charge in [0.25, 0.3) is 5.91 Å². The number of likely N-dealkylation sites (tertiary alicyclic amines) is 1. The number of nitrogens with zero attached hydrogens (tertiary/aromatic N) is 2. The number of allylic oxidation sites excluding steroid dienone is 1. The second-order valence-corrected chi connectivity index (χ2v) is 13.5. The van der Waals surface area contributed by atoms with E-state index in [-0.39, 0.29) is 36.4 Å². The van der Waals surface area contributed by atoms with Crippen LogP contribution in [0.15, 0.2) is 73.8 Å². The molecule has 0 saturated carbocycles. The molecule has 3 aliphatic rings. The Bertz CT molecular complexity index is 1410. The number of alkyl halides is 1. The van der Waals surface area contributed by atoms with Gasteiger partial charge in [-0.2, -0.15) is 0 Å². The summed E-state index contributed by atoms with van der Waals surface area (Å²) in [5.41, 5.74) is 2.20. The monoisotopic (exact) mass is 678 g/mol. The summed E-state index contributed by atoms with van der Waals surface area (Å²) in [6.45, 7) is 11.6. The average molecular weight is 680 g/mol. The summed E-state index contributed by atoms with van der Waals surface area (Å²) in [5, 5.41) is 10.8. The number of benzene rings is 2. The van der Waals surface area contributed by atoms with Crippen LogP contribution >= 0.6 is 15.9 Å². The highest BCUT2D eigenvalue weighted by atomic mass is 79.9. The molecular weight excluding hydrogens is 636 g/mol. The van der Waals surface area contributed by atoms with Gasteiger partial charge in [-0.25, -0.2) is 0 Å². The van der Waals surface area contributed by atoms with Crippen molar-refractivity contribution in [3.63, 3.8) is 0 Å². The van der Waals surface area contributed by atoms with Gasteiger partial charge >= 0.3 is 5.97 Å². The summed E-state index contributed by atoms with van der Waals surface area (Å²) in [7, 11) is 0. The number of aliphatic hydroxyl groups is 1. The molecule has 1 N–H and O–H groups in total. The summed E-state index contributed by atoms with van der Waals surface area (Å²) < 4.78 is 12.4. The Kier molecular flexibility index (Phi) is 10.3. The van der Waals surface area contributed by atoms with Crippen LogP contribution in [-0.2, 0) is 30.3 Å². The van der Waals surface area contributed by atoms with E-state index in [1.807, 2.05) is 68.5 Å². The molecule has 2 amide bonds. The molecule has 2 aromatic carbocycles. The fraction of sp³-hybridized carbons (Fsp3) is 0.472. The van der Waals surface area contributed by atoms with Gasteiger partial charge in [-0.05, 0) is 62.6 Å². The van der Waals surface area contributed by atoms with Crippen molar-refractivity contribution in [2.75, 3.05) is 24.7 Å². The predicted molar refractivity (Wildman–Crippen MR) is 177 cm³/mol. The molecule has 0 aliphatic carbocycles. The fourth-order valence-electron chi connectivity index (χ4n) is 7.61. The molecule has 3 aliphatic heterocycles. The van der Waals surface area contributed by atoms with Crippen molar-refractivity contribution in [1.29, 1.82) is 0 Å². The molecular formula is C36H43BrN2O6. The summed E-state index contributed by atoms with van der Waals surface area (Å²) in [5.74, 6) is -2.97. The third kappa shape index (κ3) is 6.02. The molecule has 3 fully saturated rings. The summed E-state index contributed by atoms with van der Waals surface area (Å²) in [6.07, 6.45) is 5.92. The van der Waals surface area contributed by atoms with Crippen LogP contribution in [0.1, 0.15) is 42.4 Å². The molecule has 5 rings (SSSR count). The van der Waals surface area contributed by atoms with Gasteiger partial charge < -0.3 is 24.4 Å². The Hall–Kier alpha value is -3.27. The summed E-state index contributed by atoms with van der Waals surface area (Å²) in [6, 6.07) is 13.6. The first-order valence-electron chi connectivity index (χ1n) is 15.7. The topological polar surface area (TPSA) is 96.4 Å². The zero-order valence-corrected chi connectivity index (χ0v) is 27.7. The van der Waals surface area contributed by atoms with Crippen molar-refractivity contribution < 1.29 is 29.0 Å². The molecule has 0 radical (unpaired) electrons. The number of aliphatic hydroxyl groups excluding tert-OH is 1. The number of carbonyl (C=O) groups is 3. The van der Waals surface area contributed by atoms with Crippen LogP contribution < -0.4 is 4.90 Å². The maximum atomic E-state index is 15.0. The highest BCUT2D eigenvalue weighted by Gasteiger charge is 2.77. The molecule has 7 atom stereocenters. The lowest BCUT2D eigenvalue weighted by Gasteiger charge is -2.40. The number of halogens is 1. The van der Waals surface area contributed by atoms with Crippen molar-refractivity contribution in [3.05, 3.63) is 90.5 Å². The van der Waals surface area contributed by atoms with Gasteiger partial charge in [-0.3, -0.25) is 14.4 Å². The Morgan fingerprint density at radius 3 is 2.49 bits per heavy atom. The van der Waals surface area contributed by atoms with Gasteiger partial charge in [-0.1, -0.05) is 76.6 Å². The Balaban J connectivity index is 1.58. The van der Waals surface area contributed by atoms with Crippen LogP contribution in [0.3, 0.4) is 0 Å². The van der Waals surface area contributed by atoms with Gasteiger partial charge in [0.05, 0.1) is 37.2 Å². The number of hydrogen-bond donors (Lipinski definition) is 1. The summed E-state index contributed by atoms with van der Waals surface area (Å²) >= 11 is 3.73. The summed E-state index contributed by atoms with van der Waals surface area (Å²) in [4.78, 5) is 46.3.